The molecule has 2 amide bonds. The van der Waals surface area contributed by atoms with Gasteiger partial charge >= 0.3 is 12.0 Å². The highest BCUT2D eigenvalue weighted by Gasteiger charge is 2.04. The molecule has 5 heteroatoms. The molecule has 0 spiro atoms. The van der Waals surface area contributed by atoms with Crippen molar-refractivity contribution in [1.82, 2.24) is 10.6 Å². The summed E-state index contributed by atoms with van der Waals surface area (Å²) in [6.45, 7) is 5.58. The molecular weight excluding hydrogens is 184 g/mol. The molecule has 0 atom stereocenters. The van der Waals surface area contributed by atoms with Gasteiger partial charge in [0.1, 0.15) is 6.54 Å². The van der Waals surface area contributed by atoms with Gasteiger partial charge in [-0.3, -0.25) is 4.79 Å². The van der Waals surface area contributed by atoms with Crippen LogP contribution in [0, 0.1) is 5.41 Å². The zero-order valence-electron chi connectivity index (χ0n) is 8.63. The number of aliphatic carboxylic acids is 1. The highest BCUT2D eigenvalue weighted by Crippen LogP contribution is 2.13. The topological polar surface area (TPSA) is 78.4 Å². The summed E-state index contributed by atoms with van der Waals surface area (Å²) in [7, 11) is 0. The third kappa shape index (κ3) is 8.58. The Hall–Kier alpha value is -1.52. The monoisotopic (exact) mass is 200 g/mol. The summed E-state index contributed by atoms with van der Waals surface area (Å²) in [6.07, 6.45) is 3.31. The molecule has 0 saturated carbocycles. The molecule has 80 valence electrons. The molecule has 0 aromatic rings. The number of amides is 2. The fourth-order valence-corrected chi connectivity index (χ4v) is 0.574. The number of hydrogen-bond donors (Lipinski definition) is 3. The second kappa shape index (κ2) is 5.26. The number of carbonyl (C=O) groups is 2. The minimum absolute atomic E-state index is 0.0138. The molecule has 0 aromatic carbocycles. The number of nitrogens with one attached hydrogen (secondary N) is 2. The average molecular weight is 200 g/mol. The molecule has 3 N–H and O–H groups in total. The van der Waals surface area contributed by atoms with Gasteiger partial charge in [0.05, 0.1) is 0 Å². The minimum atomic E-state index is -1.07. The lowest BCUT2D eigenvalue weighted by molar-refractivity contribution is -0.135. The Bertz CT molecular complexity index is 241. The van der Waals surface area contributed by atoms with Gasteiger partial charge in [0.2, 0.25) is 0 Å². The fourth-order valence-electron chi connectivity index (χ4n) is 0.574. The summed E-state index contributed by atoms with van der Waals surface area (Å²) >= 11 is 0. The van der Waals surface area contributed by atoms with Gasteiger partial charge in [-0.25, -0.2) is 4.79 Å². The van der Waals surface area contributed by atoms with E-state index < -0.39 is 12.0 Å². The Labute approximate surface area is 83.2 Å². The van der Waals surface area contributed by atoms with E-state index in [2.05, 4.69) is 10.6 Å². The van der Waals surface area contributed by atoms with Crippen molar-refractivity contribution in [2.24, 2.45) is 5.41 Å². The van der Waals surface area contributed by atoms with Gasteiger partial charge in [0.15, 0.2) is 0 Å². The quantitative estimate of drug-likeness (QED) is 0.634. The second-order valence-electron chi connectivity index (χ2n) is 3.92. The molecule has 0 aliphatic rings. The number of urea groups is 1. The highest BCUT2D eigenvalue weighted by atomic mass is 16.4. The van der Waals surface area contributed by atoms with Crippen LogP contribution in [-0.2, 0) is 4.79 Å². The molecule has 0 aliphatic carbocycles. The molecule has 0 aromatic heterocycles. The van der Waals surface area contributed by atoms with Crippen molar-refractivity contribution in [2.75, 3.05) is 6.54 Å². The highest BCUT2D eigenvalue weighted by molar-refractivity contribution is 5.80. The van der Waals surface area contributed by atoms with E-state index in [9.17, 15) is 9.59 Å². The van der Waals surface area contributed by atoms with Gasteiger partial charge in [-0.1, -0.05) is 26.8 Å². The molecule has 5 nitrogen and oxygen atoms in total. The lowest BCUT2D eigenvalue weighted by atomic mass is 9.97. The lowest BCUT2D eigenvalue weighted by Gasteiger charge is -2.11. The van der Waals surface area contributed by atoms with E-state index in [1.54, 1.807) is 0 Å². The first kappa shape index (κ1) is 12.5. The molecule has 0 unspecified atom stereocenters. The first-order valence-corrected chi connectivity index (χ1v) is 4.25. The van der Waals surface area contributed by atoms with Crippen LogP contribution in [-0.4, -0.2) is 23.7 Å². The number of rotatable bonds is 3. The van der Waals surface area contributed by atoms with Crippen molar-refractivity contribution in [3.8, 4) is 0 Å². The molecule has 0 bridgehead atoms. The Balaban J connectivity index is 3.75. The first-order chi connectivity index (χ1) is 6.31. The maximum atomic E-state index is 10.9. The van der Waals surface area contributed by atoms with Crippen molar-refractivity contribution in [1.29, 1.82) is 0 Å². The van der Waals surface area contributed by atoms with E-state index in [-0.39, 0.29) is 12.0 Å². The summed E-state index contributed by atoms with van der Waals surface area (Å²) in [6, 6.07) is -0.520. The Morgan fingerprint density at radius 1 is 1.36 bits per heavy atom. The number of allylic oxidation sites excluding steroid dienone is 1. The fraction of sp³-hybridized carbons (Fsp3) is 0.556. The summed E-state index contributed by atoms with van der Waals surface area (Å²) in [5, 5.41) is 12.8. The molecule has 0 aliphatic heterocycles. The standard InChI is InChI=1S/C9H16N2O3/c1-9(2,3)4-5-10-8(14)11-6-7(12)13/h4-5H,6H2,1-3H3,(H,12,13)(H2,10,11,14)/b5-4+. The maximum Gasteiger partial charge on any atom is 0.323 e. The van der Waals surface area contributed by atoms with E-state index >= 15 is 0 Å². The van der Waals surface area contributed by atoms with Crippen LogP contribution in [0.4, 0.5) is 4.79 Å². The van der Waals surface area contributed by atoms with Gasteiger partial charge in [-0.15, -0.1) is 0 Å². The zero-order valence-corrected chi connectivity index (χ0v) is 8.63. The number of hydrogen-bond acceptors (Lipinski definition) is 2. The van der Waals surface area contributed by atoms with Crippen LogP contribution in [0.3, 0.4) is 0 Å². The molecule has 0 fully saturated rings. The average Bonchev–Trinajstić information content (AvgIpc) is 1.98. The molecule has 14 heavy (non-hydrogen) atoms. The van der Waals surface area contributed by atoms with Crippen molar-refractivity contribution in [3.63, 3.8) is 0 Å². The zero-order chi connectivity index (χ0) is 11.2. The van der Waals surface area contributed by atoms with Crippen LogP contribution in [0.1, 0.15) is 20.8 Å². The third-order valence-electron chi connectivity index (χ3n) is 1.20. The van der Waals surface area contributed by atoms with Crippen molar-refractivity contribution in [2.45, 2.75) is 20.8 Å². The van der Waals surface area contributed by atoms with Crippen LogP contribution in [0.15, 0.2) is 12.3 Å². The SMILES string of the molecule is CC(C)(C)/C=C/NC(=O)NCC(=O)O. The summed E-state index contributed by atoms with van der Waals surface area (Å²) in [5.41, 5.74) is -0.0138. The molecular formula is C9H16N2O3. The summed E-state index contributed by atoms with van der Waals surface area (Å²) in [4.78, 5) is 21.0. The smallest absolute Gasteiger partial charge is 0.323 e. The van der Waals surface area contributed by atoms with E-state index in [1.807, 2.05) is 26.8 Å². The second-order valence-corrected chi connectivity index (χ2v) is 3.92. The van der Waals surface area contributed by atoms with Crippen LogP contribution < -0.4 is 10.6 Å². The Morgan fingerprint density at radius 3 is 2.36 bits per heavy atom. The van der Waals surface area contributed by atoms with Crippen LogP contribution in [0.25, 0.3) is 0 Å². The van der Waals surface area contributed by atoms with E-state index in [4.69, 9.17) is 5.11 Å². The van der Waals surface area contributed by atoms with Crippen LogP contribution in [0.2, 0.25) is 0 Å². The Morgan fingerprint density at radius 2 is 1.93 bits per heavy atom. The van der Waals surface area contributed by atoms with Crippen LogP contribution in [0.5, 0.6) is 0 Å². The molecule has 0 saturated heterocycles. The Kier molecular flexibility index (Phi) is 4.69. The van der Waals surface area contributed by atoms with Gasteiger partial charge in [0, 0.05) is 6.20 Å². The van der Waals surface area contributed by atoms with Gasteiger partial charge < -0.3 is 15.7 Å². The van der Waals surface area contributed by atoms with Crippen molar-refractivity contribution < 1.29 is 14.7 Å². The summed E-state index contributed by atoms with van der Waals surface area (Å²) in [5.74, 6) is -1.07. The normalized spacial score (nSPS) is 11.4. The number of carboxylic acid groups (broad SMARTS) is 1. The summed E-state index contributed by atoms with van der Waals surface area (Å²) < 4.78 is 0. The van der Waals surface area contributed by atoms with E-state index in [0.29, 0.717) is 0 Å². The van der Waals surface area contributed by atoms with Crippen molar-refractivity contribution in [3.05, 3.63) is 12.3 Å². The first-order valence-electron chi connectivity index (χ1n) is 4.25. The van der Waals surface area contributed by atoms with Gasteiger partial charge in [0.25, 0.3) is 0 Å². The largest absolute Gasteiger partial charge is 0.480 e. The van der Waals surface area contributed by atoms with Gasteiger partial charge in [-0.05, 0) is 5.41 Å². The molecule has 0 rings (SSSR count). The third-order valence-corrected chi connectivity index (χ3v) is 1.20. The lowest BCUT2D eigenvalue weighted by Crippen LogP contribution is -2.35. The van der Waals surface area contributed by atoms with Crippen LogP contribution >= 0.6 is 0 Å². The van der Waals surface area contributed by atoms with Crippen molar-refractivity contribution >= 4 is 12.0 Å². The predicted octanol–water partition coefficient (Wildman–Crippen LogP) is 0.930. The van der Waals surface area contributed by atoms with Gasteiger partial charge in [-0.2, -0.15) is 0 Å². The minimum Gasteiger partial charge on any atom is -0.480 e. The maximum absolute atomic E-state index is 10.9. The van der Waals surface area contributed by atoms with E-state index in [1.165, 1.54) is 6.20 Å². The number of carboxylic acids is 1. The molecule has 0 radical (unpaired) electrons. The predicted molar refractivity (Wildman–Crippen MR) is 52.8 cm³/mol. The molecule has 0 heterocycles. The van der Waals surface area contributed by atoms with E-state index in [0.717, 1.165) is 0 Å². The number of carbonyl (C=O) groups excluding carboxylic acids is 1.